The van der Waals surface area contributed by atoms with Gasteiger partial charge in [0.2, 0.25) is 0 Å². The van der Waals surface area contributed by atoms with Crippen LogP contribution in [0.15, 0.2) is 6.33 Å². The average Bonchev–Trinajstić information content (AvgIpc) is 2.69. The molecule has 3 heteroatoms. The van der Waals surface area contributed by atoms with Crippen molar-refractivity contribution in [1.29, 1.82) is 0 Å². The summed E-state index contributed by atoms with van der Waals surface area (Å²) < 4.78 is 2.17. The first-order valence-corrected chi connectivity index (χ1v) is 8.21. The number of aromatic nitrogens is 2. The van der Waals surface area contributed by atoms with Gasteiger partial charge in [0.05, 0.1) is 12.0 Å². The van der Waals surface area contributed by atoms with Gasteiger partial charge in [-0.3, -0.25) is 0 Å². The van der Waals surface area contributed by atoms with Crippen molar-refractivity contribution >= 4 is 5.82 Å². The molecule has 0 unspecified atom stereocenters. The van der Waals surface area contributed by atoms with Crippen LogP contribution in [-0.2, 0) is 11.0 Å². The molecule has 1 aromatic rings. The van der Waals surface area contributed by atoms with Gasteiger partial charge in [0, 0.05) is 11.0 Å². The van der Waals surface area contributed by atoms with E-state index in [1.165, 1.54) is 44.2 Å². The molecule has 2 N–H and O–H groups in total. The lowest BCUT2D eigenvalue weighted by Gasteiger charge is -2.56. The van der Waals surface area contributed by atoms with Crippen LogP contribution in [0.3, 0.4) is 0 Å². The summed E-state index contributed by atoms with van der Waals surface area (Å²) in [7, 11) is 0. The van der Waals surface area contributed by atoms with Crippen molar-refractivity contribution < 1.29 is 0 Å². The molecule has 5 rings (SSSR count). The number of hydrogen-bond donors (Lipinski definition) is 1. The van der Waals surface area contributed by atoms with Gasteiger partial charge in [-0.05, 0) is 77.0 Å². The van der Waals surface area contributed by atoms with Crippen LogP contribution in [-0.4, -0.2) is 9.55 Å². The second kappa shape index (κ2) is 3.80. The Morgan fingerprint density at radius 1 is 1.10 bits per heavy atom. The minimum absolute atomic E-state index is 0.0254. The van der Waals surface area contributed by atoms with E-state index in [9.17, 15) is 0 Å². The van der Waals surface area contributed by atoms with E-state index >= 15 is 0 Å². The SMILES string of the molecule is CC(C)(C)n1cnc(C23CC4CC(CC(C4)C2)C3)c1N. The quantitative estimate of drug-likeness (QED) is 0.848. The molecule has 4 bridgehead atoms. The first-order chi connectivity index (χ1) is 9.37. The Hall–Kier alpha value is -0.990. The van der Waals surface area contributed by atoms with Crippen LogP contribution in [0, 0.1) is 17.8 Å². The Balaban J connectivity index is 1.76. The maximum atomic E-state index is 6.51. The summed E-state index contributed by atoms with van der Waals surface area (Å²) in [4.78, 5) is 4.81. The van der Waals surface area contributed by atoms with Gasteiger partial charge in [-0.15, -0.1) is 0 Å². The minimum Gasteiger partial charge on any atom is -0.384 e. The van der Waals surface area contributed by atoms with Crippen molar-refractivity contribution in [3.05, 3.63) is 12.0 Å². The van der Waals surface area contributed by atoms with E-state index in [4.69, 9.17) is 10.7 Å². The summed E-state index contributed by atoms with van der Waals surface area (Å²) in [5, 5.41) is 0. The first-order valence-electron chi connectivity index (χ1n) is 8.21. The number of imidazole rings is 1. The summed E-state index contributed by atoms with van der Waals surface area (Å²) in [5.74, 6) is 3.76. The fourth-order valence-electron chi connectivity index (χ4n) is 5.70. The van der Waals surface area contributed by atoms with Crippen LogP contribution < -0.4 is 5.73 Å². The van der Waals surface area contributed by atoms with E-state index in [2.05, 4.69) is 25.3 Å². The molecule has 4 aliphatic rings. The van der Waals surface area contributed by atoms with Crippen LogP contribution >= 0.6 is 0 Å². The lowest BCUT2D eigenvalue weighted by atomic mass is 9.49. The Labute approximate surface area is 122 Å². The van der Waals surface area contributed by atoms with Crippen molar-refractivity contribution in [3.8, 4) is 0 Å². The average molecular weight is 273 g/mol. The Morgan fingerprint density at radius 2 is 1.60 bits per heavy atom. The summed E-state index contributed by atoms with van der Waals surface area (Å²) >= 11 is 0. The second-order valence-corrected chi connectivity index (χ2v) is 8.72. The maximum absolute atomic E-state index is 6.51. The zero-order chi connectivity index (χ0) is 14.1. The molecule has 1 aromatic heterocycles. The monoisotopic (exact) mass is 273 g/mol. The van der Waals surface area contributed by atoms with Crippen LogP contribution in [0.2, 0.25) is 0 Å². The molecule has 110 valence electrons. The fraction of sp³-hybridized carbons (Fsp3) is 0.824. The number of anilines is 1. The van der Waals surface area contributed by atoms with Crippen molar-refractivity contribution in [3.63, 3.8) is 0 Å². The first kappa shape index (κ1) is 12.7. The molecule has 4 saturated carbocycles. The van der Waals surface area contributed by atoms with Crippen molar-refractivity contribution in [1.82, 2.24) is 9.55 Å². The van der Waals surface area contributed by atoms with Crippen LogP contribution in [0.25, 0.3) is 0 Å². The third-order valence-corrected chi connectivity index (χ3v) is 6.07. The van der Waals surface area contributed by atoms with Crippen molar-refractivity contribution in [2.45, 2.75) is 70.3 Å². The zero-order valence-electron chi connectivity index (χ0n) is 13.0. The molecule has 4 aliphatic carbocycles. The second-order valence-electron chi connectivity index (χ2n) is 8.72. The third-order valence-electron chi connectivity index (χ3n) is 6.07. The standard InChI is InChI=1S/C17H27N3/c1-16(2,3)20-10-19-14(15(20)18)17-7-11-4-12(8-17)6-13(5-11)9-17/h10-13H,4-9,18H2,1-3H3. The maximum Gasteiger partial charge on any atom is 0.127 e. The Morgan fingerprint density at radius 3 is 2.00 bits per heavy atom. The molecular weight excluding hydrogens is 246 g/mol. The van der Waals surface area contributed by atoms with Gasteiger partial charge >= 0.3 is 0 Å². The molecule has 0 atom stereocenters. The largest absolute Gasteiger partial charge is 0.384 e. The van der Waals surface area contributed by atoms with Gasteiger partial charge in [0.25, 0.3) is 0 Å². The number of nitrogen functional groups attached to an aromatic ring is 1. The fourth-order valence-corrected chi connectivity index (χ4v) is 5.70. The van der Waals surface area contributed by atoms with Crippen LogP contribution in [0.5, 0.6) is 0 Å². The van der Waals surface area contributed by atoms with E-state index in [0.29, 0.717) is 5.41 Å². The zero-order valence-corrected chi connectivity index (χ0v) is 13.0. The lowest BCUT2D eigenvalue weighted by molar-refractivity contribution is -0.00669. The van der Waals surface area contributed by atoms with E-state index in [-0.39, 0.29) is 5.54 Å². The highest BCUT2D eigenvalue weighted by atomic mass is 15.2. The van der Waals surface area contributed by atoms with Gasteiger partial charge in [0.15, 0.2) is 0 Å². The Bertz CT molecular complexity index is 500. The predicted octanol–water partition coefficient (Wildman–Crippen LogP) is 3.69. The van der Waals surface area contributed by atoms with E-state index in [1.807, 2.05) is 6.33 Å². The third kappa shape index (κ3) is 1.68. The van der Waals surface area contributed by atoms with E-state index < -0.39 is 0 Å². The predicted molar refractivity (Wildman–Crippen MR) is 81.5 cm³/mol. The normalized spacial score (nSPS) is 39.5. The van der Waals surface area contributed by atoms with Gasteiger partial charge in [-0.25, -0.2) is 4.98 Å². The summed E-state index contributed by atoms with van der Waals surface area (Å²) in [6.45, 7) is 6.61. The highest BCUT2D eigenvalue weighted by Crippen LogP contribution is 2.61. The molecular formula is C17H27N3. The van der Waals surface area contributed by atoms with E-state index in [0.717, 1.165) is 23.6 Å². The van der Waals surface area contributed by atoms with Crippen LogP contribution in [0.4, 0.5) is 5.82 Å². The highest BCUT2D eigenvalue weighted by Gasteiger charge is 2.53. The summed E-state index contributed by atoms with van der Waals surface area (Å²) in [6.07, 6.45) is 10.4. The molecule has 0 saturated heterocycles. The van der Waals surface area contributed by atoms with Gasteiger partial charge in [0.1, 0.15) is 5.82 Å². The molecule has 1 heterocycles. The van der Waals surface area contributed by atoms with Crippen LogP contribution in [0.1, 0.15) is 65.0 Å². The Kier molecular flexibility index (Phi) is 2.42. The van der Waals surface area contributed by atoms with E-state index in [1.54, 1.807) is 0 Å². The number of hydrogen-bond acceptors (Lipinski definition) is 2. The van der Waals surface area contributed by atoms with Crippen molar-refractivity contribution in [2.24, 2.45) is 17.8 Å². The molecule has 0 aromatic carbocycles. The minimum atomic E-state index is 0.0254. The number of nitrogens with zero attached hydrogens (tertiary/aromatic N) is 2. The molecule has 20 heavy (non-hydrogen) atoms. The van der Waals surface area contributed by atoms with Crippen molar-refractivity contribution in [2.75, 3.05) is 5.73 Å². The molecule has 3 nitrogen and oxygen atoms in total. The molecule has 0 spiro atoms. The molecule has 0 radical (unpaired) electrons. The highest BCUT2D eigenvalue weighted by molar-refractivity contribution is 5.44. The lowest BCUT2D eigenvalue weighted by Crippen LogP contribution is -2.49. The molecule has 0 amide bonds. The topological polar surface area (TPSA) is 43.8 Å². The van der Waals surface area contributed by atoms with Gasteiger partial charge in [-0.2, -0.15) is 0 Å². The molecule has 0 aliphatic heterocycles. The van der Waals surface area contributed by atoms with Gasteiger partial charge in [-0.1, -0.05) is 0 Å². The summed E-state index contributed by atoms with van der Waals surface area (Å²) in [6, 6.07) is 0. The summed E-state index contributed by atoms with van der Waals surface area (Å²) in [5.41, 5.74) is 8.08. The smallest absolute Gasteiger partial charge is 0.127 e. The van der Waals surface area contributed by atoms with Gasteiger partial charge < -0.3 is 10.3 Å². The number of nitrogens with two attached hydrogens (primary N) is 1. The molecule has 4 fully saturated rings. The number of rotatable bonds is 1.